The van der Waals surface area contributed by atoms with E-state index in [1.54, 1.807) is 19.2 Å². The molecular formula is C20H23NO4. The molecule has 0 bridgehead atoms. The van der Waals surface area contributed by atoms with Crippen LogP contribution in [0, 0.1) is 13.8 Å². The molecule has 25 heavy (non-hydrogen) atoms. The van der Waals surface area contributed by atoms with Crippen molar-refractivity contribution in [3.63, 3.8) is 0 Å². The van der Waals surface area contributed by atoms with Crippen molar-refractivity contribution in [1.82, 2.24) is 5.32 Å². The summed E-state index contributed by atoms with van der Waals surface area (Å²) in [6.45, 7) is 3.81. The molecule has 0 saturated carbocycles. The van der Waals surface area contributed by atoms with Crippen LogP contribution in [-0.4, -0.2) is 24.1 Å². The van der Waals surface area contributed by atoms with Crippen molar-refractivity contribution < 1.29 is 19.4 Å². The number of methoxy groups -OCH3 is 1. The Morgan fingerprint density at radius 1 is 1.12 bits per heavy atom. The Labute approximate surface area is 147 Å². The lowest BCUT2D eigenvalue weighted by molar-refractivity contribution is -0.142. The Bertz CT molecular complexity index is 750. The van der Waals surface area contributed by atoms with E-state index in [9.17, 15) is 14.7 Å². The third-order valence-electron chi connectivity index (χ3n) is 3.90. The van der Waals surface area contributed by atoms with Crippen LogP contribution in [0.25, 0.3) is 0 Å². The smallest absolute Gasteiger partial charge is 0.330 e. The van der Waals surface area contributed by atoms with Crippen LogP contribution in [0.15, 0.2) is 42.5 Å². The van der Waals surface area contributed by atoms with Crippen LogP contribution >= 0.6 is 0 Å². The summed E-state index contributed by atoms with van der Waals surface area (Å²) in [5.74, 6) is -0.634. The number of aryl methyl sites for hydroxylation is 3. The summed E-state index contributed by atoms with van der Waals surface area (Å²) in [5.41, 5.74) is 3.48. The van der Waals surface area contributed by atoms with Gasteiger partial charge in [0.05, 0.1) is 7.11 Å². The quantitative estimate of drug-likeness (QED) is 0.811. The molecule has 132 valence electrons. The minimum atomic E-state index is -1.07. The highest BCUT2D eigenvalue weighted by atomic mass is 16.5. The van der Waals surface area contributed by atoms with E-state index < -0.39 is 12.0 Å². The van der Waals surface area contributed by atoms with Crippen molar-refractivity contribution in [3.8, 4) is 5.75 Å². The van der Waals surface area contributed by atoms with Gasteiger partial charge in [0.1, 0.15) is 5.75 Å². The molecule has 2 aromatic rings. The highest BCUT2D eigenvalue weighted by Gasteiger charge is 2.22. The first-order valence-corrected chi connectivity index (χ1v) is 8.12. The molecule has 5 heteroatoms. The number of hydrogen-bond acceptors (Lipinski definition) is 3. The number of amides is 1. The molecule has 1 amide bonds. The molecule has 1 atom stereocenters. The summed E-state index contributed by atoms with van der Waals surface area (Å²) in [6.07, 6.45) is 0.726. The monoisotopic (exact) mass is 341 g/mol. The molecule has 0 spiro atoms. The van der Waals surface area contributed by atoms with E-state index in [1.807, 2.05) is 44.2 Å². The molecule has 2 N–H and O–H groups in total. The number of nitrogens with one attached hydrogen (secondary N) is 1. The van der Waals surface area contributed by atoms with Gasteiger partial charge in [-0.15, -0.1) is 0 Å². The maximum atomic E-state index is 12.2. The lowest BCUT2D eigenvalue weighted by Crippen LogP contribution is -2.34. The van der Waals surface area contributed by atoms with Gasteiger partial charge in [-0.25, -0.2) is 4.79 Å². The molecule has 2 rings (SSSR count). The number of aliphatic carboxylic acids is 1. The molecular weight excluding hydrogens is 318 g/mol. The first kappa shape index (κ1) is 18.5. The Morgan fingerprint density at radius 3 is 2.40 bits per heavy atom. The highest BCUT2D eigenvalue weighted by molar-refractivity contribution is 5.84. The SMILES string of the molecule is COc1cccc(CCC(=O)NC(C(=O)O)c2cc(C)cc(C)c2)c1. The number of rotatable bonds is 7. The minimum Gasteiger partial charge on any atom is -0.497 e. The van der Waals surface area contributed by atoms with Crippen molar-refractivity contribution in [3.05, 3.63) is 64.7 Å². The zero-order valence-corrected chi connectivity index (χ0v) is 14.7. The van der Waals surface area contributed by atoms with Crippen molar-refractivity contribution in [1.29, 1.82) is 0 Å². The van der Waals surface area contributed by atoms with Gasteiger partial charge in [-0.3, -0.25) is 4.79 Å². The molecule has 0 aliphatic heterocycles. The normalized spacial score (nSPS) is 11.6. The van der Waals surface area contributed by atoms with Crippen LogP contribution in [0.3, 0.4) is 0 Å². The number of hydrogen-bond donors (Lipinski definition) is 2. The molecule has 0 aliphatic carbocycles. The molecule has 2 aromatic carbocycles. The number of carboxylic acids is 1. The van der Waals surface area contributed by atoms with Gasteiger partial charge in [-0.1, -0.05) is 41.5 Å². The van der Waals surface area contributed by atoms with Crippen molar-refractivity contribution in [2.24, 2.45) is 0 Å². The summed E-state index contributed by atoms with van der Waals surface area (Å²) in [5, 5.41) is 12.1. The third kappa shape index (κ3) is 5.35. The largest absolute Gasteiger partial charge is 0.497 e. The second-order valence-electron chi connectivity index (χ2n) is 6.11. The topological polar surface area (TPSA) is 75.6 Å². The standard InChI is InChI=1S/C20H23NO4/c1-13-9-14(2)11-16(10-13)19(20(23)24)21-18(22)8-7-15-5-4-6-17(12-15)25-3/h4-6,9-12,19H,7-8H2,1-3H3,(H,21,22)(H,23,24). The molecule has 0 heterocycles. The Balaban J connectivity index is 2.04. The fraction of sp³-hybridized carbons (Fsp3) is 0.300. The summed E-state index contributed by atoms with van der Waals surface area (Å²) >= 11 is 0. The first-order valence-electron chi connectivity index (χ1n) is 8.12. The molecule has 0 aliphatic rings. The zero-order chi connectivity index (χ0) is 18.4. The summed E-state index contributed by atoms with van der Waals surface area (Å²) in [6, 6.07) is 12.0. The lowest BCUT2D eigenvalue weighted by atomic mass is 10.0. The van der Waals surface area contributed by atoms with E-state index in [2.05, 4.69) is 5.32 Å². The van der Waals surface area contributed by atoms with E-state index in [0.717, 1.165) is 22.4 Å². The summed E-state index contributed by atoms with van der Waals surface area (Å²) in [7, 11) is 1.59. The molecule has 1 unspecified atom stereocenters. The van der Waals surface area contributed by atoms with E-state index in [1.165, 1.54) is 0 Å². The summed E-state index contributed by atoms with van der Waals surface area (Å²) in [4.78, 5) is 23.8. The fourth-order valence-electron chi connectivity index (χ4n) is 2.78. The van der Waals surface area contributed by atoms with Gasteiger partial charge in [-0.05, 0) is 43.5 Å². The molecule has 0 saturated heterocycles. The van der Waals surface area contributed by atoms with Gasteiger partial charge in [-0.2, -0.15) is 0 Å². The first-order chi connectivity index (χ1) is 11.9. The second-order valence-corrected chi connectivity index (χ2v) is 6.11. The molecule has 0 aromatic heterocycles. The number of carboxylic acid groups (broad SMARTS) is 1. The Morgan fingerprint density at radius 2 is 1.80 bits per heavy atom. The fourth-order valence-corrected chi connectivity index (χ4v) is 2.78. The predicted octanol–water partition coefficient (Wildman–Crippen LogP) is 3.19. The van der Waals surface area contributed by atoms with Gasteiger partial charge in [0.25, 0.3) is 0 Å². The van der Waals surface area contributed by atoms with Crippen LogP contribution in [0.2, 0.25) is 0 Å². The molecule has 0 fully saturated rings. The summed E-state index contributed by atoms with van der Waals surface area (Å²) < 4.78 is 5.16. The van der Waals surface area contributed by atoms with Crippen LogP contribution in [0.4, 0.5) is 0 Å². The van der Waals surface area contributed by atoms with Crippen LogP contribution in [0.1, 0.15) is 34.7 Å². The number of benzene rings is 2. The lowest BCUT2D eigenvalue weighted by Gasteiger charge is -2.16. The van der Waals surface area contributed by atoms with Crippen LogP contribution in [-0.2, 0) is 16.0 Å². The van der Waals surface area contributed by atoms with Gasteiger partial charge in [0.15, 0.2) is 6.04 Å². The van der Waals surface area contributed by atoms with E-state index in [4.69, 9.17) is 4.74 Å². The number of ether oxygens (including phenoxy) is 1. The van der Waals surface area contributed by atoms with Crippen LogP contribution in [0.5, 0.6) is 5.75 Å². The predicted molar refractivity (Wildman–Crippen MR) is 95.8 cm³/mol. The highest BCUT2D eigenvalue weighted by Crippen LogP contribution is 2.18. The number of carbonyl (C=O) groups excluding carboxylic acids is 1. The second kappa shape index (κ2) is 8.33. The maximum Gasteiger partial charge on any atom is 0.330 e. The van der Waals surface area contributed by atoms with Gasteiger partial charge < -0.3 is 15.2 Å². The van der Waals surface area contributed by atoms with Gasteiger partial charge in [0, 0.05) is 6.42 Å². The number of carbonyl (C=O) groups is 2. The van der Waals surface area contributed by atoms with Gasteiger partial charge in [0.2, 0.25) is 5.91 Å². The van der Waals surface area contributed by atoms with E-state index in [0.29, 0.717) is 12.0 Å². The van der Waals surface area contributed by atoms with E-state index >= 15 is 0 Å². The van der Waals surface area contributed by atoms with Crippen molar-refractivity contribution in [2.75, 3.05) is 7.11 Å². The average molecular weight is 341 g/mol. The Hall–Kier alpha value is -2.82. The van der Waals surface area contributed by atoms with Gasteiger partial charge >= 0.3 is 5.97 Å². The average Bonchev–Trinajstić information content (AvgIpc) is 2.56. The Kier molecular flexibility index (Phi) is 6.17. The van der Waals surface area contributed by atoms with Crippen LogP contribution < -0.4 is 10.1 Å². The molecule has 0 radical (unpaired) electrons. The van der Waals surface area contributed by atoms with Crippen molar-refractivity contribution >= 4 is 11.9 Å². The zero-order valence-electron chi connectivity index (χ0n) is 14.7. The minimum absolute atomic E-state index is 0.210. The maximum absolute atomic E-state index is 12.2. The molecule has 5 nitrogen and oxygen atoms in total. The third-order valence-corrected chi connectivity index (χ3v) is 3.90. The van der Waals surface area contributed by atoms with Crippen molar-refractivity contribution in [2.45, 2.75) is 32.7 Å². The van der Waals surface area contributed by atoms with E-state index in [-0.39, 0.29) is 12.3 Å².